The number of piperazine rings is 1. The highest BCUT2D eigenvalue weighted by Gasteiger charge is 2.22. The average Bonchev–Trinajstić information content (AvgIpc) is 2.67. The van der Waals surface area contributed by atoms with Crippen molar-refractivity contribution in [2.75, 3.05) is 26.2 Å². The number of rotatable bonds is 1. The van der Waals surface area contributed by atoms with Gasteiger partial charge in [-0.15, -0.1) is 18.8 Å². The van der Waals surface area contributed by atoms with Gasteiger partial charge in [-0.1, -0.05) is 12.0 Å². The van der Waals surface area contributed by atoms with Gasteiger partial charge in [0.05, 0.1) is 0 Å². The SMILES string of the molecule is C#CC1=C[C@H](N2CCNCC2)CC1.Cl. The van der Waals surface area contributed by atoms with Gasteiger partial charge in [0.15, 0.2) is 0 Å². The van der Waals surface area contributed by atoms with Crippen molar-refractivity contribution in [1.29, 1.82) is 0 Å². The molecule has 0 bridgehead atoms. The molecule has 1 atom stereocenters. The van der Waals surface area contributed by atoms with E-state index in [1.165, 1.54) is 25.1 Å². The van der Waals surface area contributed by atoms with Gasteiger partial charge in [-0.25, -0.2) is 0 Å². The Morgan fingerprint density at radius 2 is 2.14 bits per heavy atom. The first-order valence-corrected chi connectivity index (χ1v) is 5.02. The summed E-state index contributed by atoms with van der Waals surface area (Å²) in [5, 5.41) is 3.36. The molecule has 2 nitrogen and oxygen atoms in total. The van der Waals surface area contributed by atoms with Crippen molar-refractivity contribution in [3.63, 3.8) is 0 Å². The summed E-state index contributed by atoms with van der Waals surface area (Å²) < 4.78 is 0. The van der Waals surface area contributed by atoms with E-state index in [1.807, 2.05) is 0 Å². The van der Waals surface area contributed by atoms with Crippen LogP contribution in [0.5, 0.6) is 0 Å². The van der Waals surface area contributed by atoms with Crippen molar-refractivity contribution in [2.24, 2.45) is 0 Å². The maximum absolute atomic E-state index is 5.38. The second-order valence-electron chi connectivity index (χ2n) is 3.73. The molecule has 1 fully saturated rings. The third-order valence-electron chi connectivity index (χ3n) is 2.91. The molecule has 0 aromatic heterocycles. The molecule has 0 amide bonds. The Bertz CT molecular complexity index is 249. The fraction of sp³-hybridized carbons (Fsp3) is 0.636. The Morgan fingerprint density at radius 3 is 2.71 bits per heavy atom. The predicted molar refractivity (Wildman–Crippen MR) is 61.6 cm³/mol. The highest BCUT2D eigenvalue weighted by molar-refractivity contribution is 5.85. The first-order chi connectivity index (χ1) is 6.40. The van der Waals surface area contributed by atoms with E-state index in [4.69, 9.17) is 6.42 Å². The molecule has 0 unspecified atom stereocenters. The van der Waals surface area contributed by atoms with Gasteiger partial charge in [0.25, 0.3) is 0 Å². The maximum Gasteiger partial charge on any atom is 0.0294 e. The van der Waals surface area contributed by atoms with Crippen LogP contribution in [0, 0.1) is 12.3 Å². The predicted octanol–water partition coefficient (Wildman–Crippen LogP) is 1.04. The first-order valence-electron chi connectivity index (χ1n) is 5.02. The third kappa shape index (κ3) is 2.51. The minimum atomic E-state index is 0. The standard InChI is InChI=1S/C11H16N2.ClH/c1-2-10-3-4-11(9-10)13-7-5-12-6-8-13;/h1,9,11-12H,3-8H2;1H/t11-;/m1./s1. The molecule has 2 rings (SSSR count). The van der Waals surface area contributed by atoms with Crippen molar-refractivity contribution in [3.8, 4) is 12.3 Å². The zero-order valence-electron chi connectivity index (χ0n) is 8.33. The lowest BCUT2D eigenvalue weighted by Crippen LogP contribution is -2.47. The van der Waals surface area contributed by atoms with Gasteiger partial charge in [0, 0.05) is 32.2 Å². The van der Waals surface area contributed by atoms with Gasteiger partial charge in [0.2, 0.25) is 0 Å². The van der Waals surface area contributed by atoms with Gasteiger partial charge in [-0.2, -0.15) is 0 Å². The van der Waals surface area contributed by atoms with Gasteiger partial charge in [-0.05, 0) is 18.4 Å². The second kappa shape index (κ2) is 5.41. The lowest BCUT2D eigenvalue weighted by Gasteiger charge is -2.31. The van der Waals surface area contributed by atoms with Crippen LogP contribution in [0.3, 0.4) is 0 Å². The van der Waals surface area contributed by atoms with Crippen LogP contribution in [0.4, 0.5) is 0 Å². The number of terminal acetylenes is 1. The average molecular weight is 213 g/mol. The lowest BCUT2D eigenvalue weighted by atomic mass is 10.2. The molecule has 1 heterocycles. The van der Waals surface area contributed by atoms with Crippen LogP contribution in [-0.4, -0.2) is 37.1 Å². The zero-order chi connectivity index (χ0) is 9.10. The Labute approximate surface area is 92.1 Å². The first kappa shape index (κ1) is 11.6. The van der Waals surface area contributed by atoms with E-state index in [-0.39, 0.29) is 12.4 Å². The topological polar surface area (TPSA) is 15.3 Å². The van der Waals surface area contributed by atoms with Crippen LogP contribution in [-0.2, 0) is 0 Å². The second-order valence-corrected chi connectivity index (χ2v) is 3.73. The molecular formula is C11H17ClN2. The molecule has 1 aliphatic heterocycles. The highest BCUT2D eigenvalue weighted by Crippen LogP contribution is 2.22. The number of nitrogens with zero attached hydrogens (tertiary/aromatic N) is 1. The summed E-state index contributed by atoms with van der Waals surface area (Å²) in [4.78, 5) is 2.53. The van der Waals surface area contributed by atoms with Crippen LogP contribution >= 0.6 is 12.4 Å². The summed E-state index contributed by atoms with van der Waals surface area (Å²) in [6, 6.07) is 0.619. The van der Waals surface area contributed by atoms with Crippen molar-refractivity contribution < 1.29 is 0 Å². The molecule has 0 radical (unpaired) electrons. The van der Waals surface area contributed by atoms with E-state index >= 15 is 0 Å². The number of halogens is 1. The van der Waals surface area contributed by atoms with Crippen molar-refractivity contribution in [1.82, 2.24) is 10.2 Å². The lowest BCUT2D eigenvalue weighted by molar-refractivity contribution is 0.200. The van der Waals surface area contributed by atoms with Gasteiger partial charge in [0.1, 0.15) is 0 Å². The summed E-state index contributed by atoms with van der Waals surface area (Å²) >= 11 is 0. The van der Waals surface area contributed by atoms with Gasteiger partial charge in [-0.3, -0.25) is 4.90 Å². The third-order valence-corrected chi connectivity index (χ3v) is 2.91. The fourth-order valence-electron chi connectivity index (χ4n) is 2.12. The van der Waals surface area contributed by atoms with Crippen LogP contribution in [0.2, 0.25) is 0 Å². The molecule has 0 saturated carbocycles. The number of nitrogens with one attached hydrogen (secondary N) is 1. The van der Waals surface area contributed by atoms with Crippen molar-refractivity contribution >= 4 is 12.4 Å². The molecule has 3 heteroatoms. The monoisotopic (exact) mass is 212 g/mol. The number of hydrogen-bond donors (Lipinski definition) is 1. The molecule has 14 heavy (non-hydrogen) atoms. The molecule has 0 aromatic rings. The maximum atomic E-state index is 5.38. The summed E-state index contributed by atoms with van der Waals surface area (Å²) in [6.45, 7) is 4.57. The highest BCUT2D eigenvalue weighted by atomic mass is 35.5. The van der Waals surface area contributed by atoms with E-state index < -0.39 is 0 Å². The molecule has 2 aliphatic rings. The fourth-order valence-corrected chi connectivity index (χ4v) is 2.12. The smallest absolute Gasteiger partial charge is 0.0294 e. The Balaban J connectivity index is 0.000000980. The van der Waals surface area contributed by atoms with Crippen LogP contribution in [0.15, 0.2) is 11.6 Å². The quantitative estimate of drug-likeness (QED) is 0.654. The summed E-state index contributed by atoms with van der Waals surface area (Å²) in [7, 11) is 0. The Hall–Kier alpha value is -0.490. The van der Waals surface area contributed by atoms with E-state index in [2.05, 4.69) is 22.2 Å². The number of allylic oxidation sites excluding steroid dienone is 1. The largest absolute Gasteiger partial charge is 0.314 e. The van der Waals surface area contributed by atoms with E-state index in [0.717, 1.165) is 19.5 Å². The molecule has 1 N–H and O–H groups in total. The molecule has 0 spiro atoms. The summed E-state index contributed by atoms with van der Waals surface area (Å²) in [6.07, 6.45) is 9.97. The van der Waals surface area contributed by atoms with Crippen LogP contribution in [0.25, 0.3) is 0 Å². The molecule has 1 aliphatic carbocycles. The van der Waals surface area contributed by atoms with E-state index in [9.17, 15) is 0 Å². The van der Waals surface area contributed by atoms with Crippen LogP contribution in [0.1, 0.15) is 12.8 Å². The molecule has 1 saturated heterocycles. The van der Waals surface area contributed by atoms with E-state index in [0.29, 0.717) is 6.04 Å². The minimum absolute atomic E-state index is 0. The van der Waals surface area contributed by atoms with Gasteiger partial charge >= 0.3 is 0 Å². The number of hydrogen-bond acceptors (Lipinski definition) is 2. The molecule has 78 valence electrons. The van der Waals surface area contributed by atoms with Gasteiger partial charge < -0.3 is 5.32 Å². The van der Waals surface area contributed by atoms with Crippen LogP contribution < -0.4 is 5.32 Å². The van der Waals surface area contributed by atoms with E-state index in [1.54, 1.807) is 0 Å². The zero-order valence-corrected chi connectivity index (χ0v) is 9.15. The van der Waals surface area contributed by atoms with Crippen molar-refractivity contribution in [2.45, 2.75) is 18.9 Å². The minimum Gasteiger partial charge on any atom is -0.314 e. The normalized spacial score (nSPS) is 27.6. The Morgan fingerprint density at radius 1 is 1.43 bits per heavy atom. The summed E-state index contributed by atoms with van der Waals surface area (Å²) in [5.74, 6) is 2.75. The van der Waals surface area contributed by atoms with Crippen molar-refractivity contribution in [3.05, 3.63) is 11.6 Å². The molecular weight excluding hydrogens is 196 g/mol. The molecule has 0 aromatic carbocycles. The Kier molecular flexibility index (Phi) is 4.47. The summed E-state index contributed by atoms with van der Waals surface area (Å²) in [5.41, 5.74) is 1.20.